The van der Waals surface area contributed by atoms with Gasteiger partial charge in [0.2, 0.25) is 0 Å². The molecule has 13 heavy (non-hydrogen) atoms. The summed E-state index contributed by atoms with van der Waals surface area (Å²) in [4.78, 5) is 0. The van der Waals surface area contributed by atoms with E-state index in [4.69, 9.17) is 10.2 Å². The highest BCUT2D eigenvalue weighted by atomic mass is 32.2. The lowest BCUT2D eigenvalue weighted by molar-refractivity contribution is 0.219. The molecular formula is C9H20O2S2. The first-order valence-corrected chi connectivity index (χ1v) is 6.78. The Bertz CT molecular complexity index is 118. The van der Waals surface area contributed by atoms with Crippen LogP contribution in [-0.2, 0) is 0 Å². The van der Waals surface area contributed by atoms with Crippen molar-refractivity contribution in [2.24, 2.45) is 0 Å². The van der Waals surface area contributed by atoms with Gasteiger partial charge in [0.15, 0.2) is 0 Å². The number of hydrogen-bond donors (Lipinski definition) is 2. The van der Waals surface area contributed by atoms with Crippen LogP contribution in [0.5, 0.6) is 0 Å². The van der Waals surface area contributed by atoms with E-state index in [9.17, 15) is 0 Å². The van der Waals surface area contributed by atoms with Gasteiger partial charge in [-0.05, 0) is 13.8 Å². The Kier molecular flexibility index (Phi) is 8.35. The van der Waals surface area contributed by atoms with Crippen molar-refractivity contribution in [2.75, 3.05) is 17.3 Å². The Balaban J connectivity index is 3.25. The molecule has 0 spiro atoms. The quantitative estimate of drug-likeness (QED) is 0.689. The SMILES string of the molecule is CC(O)CSCC(C)SCC(C)O. The van der Waals surface area contributed by atoms with Gasteiger partial charge in [-0.1, -0.05) is 6.92 Å². The minimum absolute atomic E-state index is 0.209. The number of thioether (sulfide) groups is 2. The molecular weight excluding hydrogens is 204 g/mol. The Labute approximate surface area is 89.5 Å². The molecule has 0 bridgehead atoms. The Morgan fingerprint density at radius 1 is 0.923 bits per heavy atom. The molecule has 0 aliphatic carbocycles. The summed E-state index contributed by atoms with van der Waals surface area (Å²) in [5.41, 5.74) is 0. The zero-order chi connectivity index (χ0) is 10.3. The molecule has 0 radical (unpaired) electrons. The predicted molar refractivity (Wildman–Crippen MR) is 62.6 cm³/mol. The number of hydrogen-bond acceptors (Lipinski definition) is 4. The second-order valence-corrected chi connectivity index (χ2v) is 5.93. The first-order chi connectivity index (χ1) is 6.02. The van der Waals surface area contributed by atoms with Crippen LogP contribution in [0.2, 0.25) is 0 Å². The van der Waals surface area contributed by atoms with Crippen LogP contribution in [-0.4, -0.2) is 44.9 Å². The molecule has 2 nitrogen and oxygen atoms in total. The highest BCUT2D eigenvalue weighted by molar-refractivity contribution is 8.03. The average molecular weight is 224 g/mol. The molecule has 0 saturated heterocycles. The largest absolute Gasteiger partial charge is 0.393 e. The van der Waals surface area contributed by atoms with Crippen molar-refractivity contribution < 1.29 is 10.2 Å². The van der Waals surface area contributed by atoms with Crippen molar-refractivity contribution in [2.45, 2.75) is 38.2 Å². The summed E-state index contributed by atoms with van der Waals surface area (Å²) < 4.78 is 0. The van der Waals surface area contributed by atoms with E-state index in [1.807, 2.05) is 6.92 Å². The molecule has 0 aromatic rings. The summed E-state index contributed by atoms with van der Waals surface area (Å²) in [6, 6.07) is 0. The molecule has 80 valence electrons. The maximum absolute atomic E-state index is 9.05. The van der Waals surface area contributed by atoms with E-state index in [0.717, 1.165) is 17.3 Å². The van der Waals surface area contributed by atoms with Crippen LogP contribution in [0.1, 0.15) is 20.8 Å². The van der Waals surface area contributed by atoms with E-state index >= 15 is 0 Å². The summed E-state index contributed by atoms with van der Waals surface area (Å²) in [5, 5.41) is 18.6. The second kappa shape index (κ2) is 7.97. The van der Waals surface area contributed by atoms with Crippen molar-refractivity contribution in [1.82, 2.24) is 0 Å². The van der Waals surface area contributed by atoms with Gasteiger partial charge in [-0.3, -0.25) is 0 Å². The van der Waals surface area contributed by atoms with Gasteiger partial charge in [-0.2, -0.15) is 23.5 Å². The third-order valence-corrected chi connectivity index (χ3v) is 4.41. The molecule has 4 heteroatoms. The van der Waals surface area contributed by atoms with E-state index in [2.05, 4.69) is 6.92 Å². The van der Waals surface area contributed by atoms with Crippen molar-refractivity contribution in [1.29, 1.82) is 0 Å². The smallest absolute Gasteiger partial charge is 0.0602 e. The van der Waals surface area contributed by atoms with Gasteiger partial charge in [-0.15, -0.1) is 0 Å². The second-order valence-electron chi connectivity index (χ2n) is 3.38. The monoisotopic (exact) mass is 224 g/mol. The first kappa shape index (κ1) is 13.6. The summed E-state index contributed by atoms with van der Waals surface area (Å²) in [6.07, 6.45) is -0.423. The Morgan fingerprint density at radius 3 is 1.92 bits per heavy atom. The van der Waals surface area contributed by atoms with Crippen molar-refractivity contribution in [3.05, 3.63) is 0 Å². The summed E-state index contributed by atoms with van der Waals surface area (Å²) in [7, 11) is 0. The van der Waals surface area contributed by atoms with Gasteiger partial charge in [0, 0.05) is 22.5 Å². The predicted octanol–water partition coefficient (Wildman–Crippen LogP) is 1.60. The van der Waals surface area contributed by atoms with Gasteiger partial charge < -0.3 is 10.2 Å². The first-order valence-electron chi connectivity index (χ1n) is 4.57. The molecule has 0 fully saturated rings. The Hall–Kier alpha value is 0.620. The van der Waals surface area contributed by atoms with Gasteiger partial charge in [-0.25, -0.2) is 0 Å². The maximum atomic E-state index is 9.05. The molecule has 0 aromatic heterocycles. The molecule has 0 saturated carbocycles. The highest BCUT2D eigenvalue weighted by Crippen LogP contribution is 2.17. The minimum atomic E-state index is -0.214. The minimum Gasteiger partial charge on any atom is -0.393 e. The third-order valence-electron chi connectivity index (χ3n) is 1.33. The van der Waals surface area contributed by atoms with Crippen molar-refractivity contribution in [3.8, 4) is 0 Å². The van der Waals surface area contributed by atoms with E-state index in [-0.39, 0.29) is 12.2 Å². The van der Waals surface area contributed by atoms with Crippen molar-refractivity contribution in [3.63, 3.8) is 0 Å². The fourth-order valence-electron chi connectivity index (χ4n) is 0.756. The molecule has 0 aliphatic heterocycles. The summed E-state index contributed by atoms with van der Waals surface area (Å²) >= 11 is 3.55. The third kappa shape index (κ3) is 10.5. The zero-order valence-electron chi connectivity index (χ0n) is 8.56. The molecule has 0 aliphatic rings. The fraction of sp³-hybridized carbons (Fsp3) is 1.00. The lowest BCUT2D eigenvalue weighted by Crippen LogP contribution is -2.11. The number of aliphatic hydroxyl groups excluding tert-OH is 2. The average Bonchev–Trinajstić information content (AvgIpc) is 2.00. The van der Waals surface area contributed by atoms with Crippen LogP contribution in [0.4, 0.5) is 0 Å². The van der Waals surface area contributed by atoms with Crippen molar-refractivity contribution >= 4 is 23.5 Å². The maximum Gasteiger partial charge on any atom is 0.0602 e. The highest BCUT2D eigenvalue weighted by Gasteiger charge is 2.05. The van der Waals surface area contributed by atoms with Crippen LogP contribution in [0.25, 0.3) is 0 Å². The Morgan fingerprint density at radius 2 is 1.46 bits per heavy atom. The van der Waals surface area contributed by atoms with Gasteiger partial charge in [0.1, 0.15) is 0 Å². The molecule has 0 aromatic carbocycles. The summed E-state index contributed by atoms with van der Waals surface area (Å²) in [6.45, 7) is 5.77. The van der Waals surface area contributed by atoms with Gasteiger partial charge in [0.05, 0.1) is 12.2 Å². The van der Waals surface area contributed by atoms with Crippen LogP contribution >= 0.6 is 23.5 Å². The zero-order valence-corrected chi connectivity index (χ0v) is 10.2. The fourth-order valence-corrected chi connectivity index (χ4v) is 2.85. The summed E-state index contributed by atoms with van der Waals surface area (Å²) in [5.74, 6) is 2.65. The van der Waals surface area contributed by atoms with Crippen LogP contribution in [0.3, 0.4) is 0 Å². The molecule has 0 rings (SSSR count). The molecule has 0 heterocycles. The van der Waals surface area contributed by atoms with Crippen LogP contribution in [0, 0.1) is 0 Å². The van der Waals surface area contributed by atoms with Gasteiger partial charge >= 0.3 is 0 Å². The van der Waals surface area contributed by atoms with E-state index in [0.29, 0.717) is 5.25 Å². The molecule has 0 amide bonds. The number of aliphatic hydroxyl groups is 2. The molecule has 3 atom stereocenters. The standard InChI is InChI=1S/C9H20O2S2/c1-7(10)4-12-6-9(3)13-5-8(2)11/h7-11H,4-6H2,1-3H3. The molecule has 3 unspecified atom stereocenters. The van der Waals surface area contributed by atoms with Crippen LogP contribution < -0.4 is 0 Å². The van der Waals surface area contributed by atoms with E-state index in [1.54, 1.807) is 30.4 Å². The van der Waals surface area contributed by atoms with E-state index in [1.165, 1.54) is 0 Å². The lowest BCUT2D eigenvalue weighted by atomic mass is 10.5. The normalized spacial score (nSPS) is 18.2. The molecule has 2 N–H and O–H groups in total. The number of rotatable bonds is 7. The van der Waals surface area contributed by atoms with Gasteiger partial charge in [0.25, 0.3) is 0 Å². The topological polar surface area (TPSA) is 40.5 Å². The van der Waals surface area contributed by atoms with Crippen LogP contribution in [0.15, 0.2) is 0 Å². The lowest BCUT2D eigenvalue weighted by Gasteiger charge is -2.12. The van der Waals surface area contributed by atoms with E-state index < -0.39 is 0 Å².